The Labute approximate surface area is 185 Å². The Morgan fingerprint density at radius 3 is 2.50 bits per heavy atom. The molecule has 1 unspecified atom stereocenters. The number of nitrogens with one attached hydrogen (secondary N) is 1. The van der Waals surface area contributed by atoms with E-state index in [2.05, 4.69) is 4.98 Å². The number of nitro benzene ring substituents is 1. The van der Waals surface area contributed by atoms with E-state index in [-0.39, 0.29) is 29.5 Å². The van der Waals surface area contributed by atoms with Crippen molar-refractivity contribution in [3.63, 3.8) is 0 Å². The van der Waals surface area contributed by atoms with Gasteiger partial charge >= 0.3 is 0 Å². The average Bonchev–Trinajstić information content (AvgIpc) is 3.22. The highest BCUT2D eigenvalue weighted by molar-refractivity contribution is 7.89. The monoisotopic (exact) mass is 456 g/mol. The number of para-hydroxylation sites is 1. The summed E-state index contributed by atoms with van der Waals surface area (Å²) in [5.74, 6) is -0.0201. The third kappa shape index (κ3) is 3.92. The number of sulfonamides is 1. The lowest BCUT2D eigenvalue weighted by molar-refractivity contribution is -0.385. The molecule has 0 amide bonds. The number of aromatic amines is 1. The molecule has 2 aromatic carbocycles. The van der Waals surface area contributed by atoms with Gasteiger partial charge in [-0.05, 0) is 25.5 Å². The fourth-order valence-electron chi connectivity index (χ4n) is 4.12. The minimum atomic E-state index is -3.88. The summed E-state index contributed by atoms with van der Waals surface area (Å²) in [5.41, 5.74) is 1.72. The van der Waals surface area contributed by atoms with Crippen LogP contribution in [-0.2, 0) is 10.0 Å². The van der Waals surface area contributed by atoms with Crippen LogP contribution in [0.3, 0.4) is 0 Å². The lowest BCUT2D eigenvalue weighted by atomic mass is 10.0. The first-order valence-electron chi connectivity index (χ1n) is 10.3. The molecule has 9 nitrogen and oxygen atoms in total. The quantitative estimate of drug-likeness (QED) is 0.346. The smallest absolute Gasteiger partial charge is 0.270 e. The number of fused-ring (bicyclic) bond motifs is 1. The number of piperazine rings is 1. The highest BCUT2D eigenvalue weighted by Gasteiger charge is 2.34. The first-order chi connectivity index (χ1) is 15.2. The number of carbonyl (C=O) groups is 1. The molecule has 1 fully saturated rings. The predicted molar refractivity (Wildman–Crippen MR) is 120 cm³/mol. The Morgan fingerprint density at radius 2 is 1.81 bits per heavy atom. The molecule has 0 bridgehead atoms. The fraction of sp³-hybridized carbons (Fsp3) is 0.318. The highest BCUT2D eigenvalue weighted by atomic mass is 32.2. The molecular formula is C22H24N4O5S. The van der Waals surface area contributed by atoms with E-state index in [4.69, 9.17) is 0 Å². The maximum atomic E-state index is 13.1. The number of aryl methyl sites for hydroxylation is 1. The van der Waals surface area contributed by atoms with E-state index in [0.29, 0.717) is 24.2 Å². The van der Waals surface area contributed by atoms with Crippen LogP contribution in [0.2, 0.25) is 0 Å². The largest absolute Gasteiger partial charge is 0.360 e. The second-order valence-corrected chi connectivity index (χ2v) is 9.84. The summed E-state index contributed by atoms with van der Waals surface area (Å²) < 4.78 is 27.6. The lowest BCUT2D eigenvalue weighted by Crippen LogP contribution is -2.53. The normalized spacial score (nSPS) is 16.8. The van der Waals surface area contributed by atoms with Crippen LogP contribution in [-0.4, -0.2) is 65.5 Å². The molecule has 0 radical (unpaired) electrons. The molecule has 0 saturated carbocycles. The van der Waals surface area contributed by atoms with Crippen LogP contribution in [0.15, 0.2) is 53.6 Å². The van der Waals surface area contributed by atoms with Gasteiger partial charge in [0.05, 0.1) is 15.9 Å². The number of Topliss-reactive ketones (excluding diaryl/α,β-unsaturated/α-hetero) is 1. The van der Waals surface area contributed by atoms with Crippen molar-refractivity contribution < 1.29 is 18.1 Å². The van der Waals surface area contributed by atoms with Crippen molar-refractivity contribution in [2.24, 2.45) is 0 Å². The van der Waals surface area contributed by atoms with Crippen molar-refractivity contribution in [1.29, 1.82) is 0 Å². The molecule has 3 aromatic rings. The van der Waals surface area contributed by atoms with Gasteiger partial charge in [0.15, 0.2) is 5.78 Å². The zero-order chi connectivity index (χ0) is 23.0. The van der Waals surface area contributed by atoms with E-state index in [1.165, 1.54) is 16.4 Å². The summed E-state index contributed by atoms with van der Waals surface area (Å²) in [4.78, 5) is 28.6. The SMILES string of the molecule is Cc1ccc([N+](=O)[O-])cc1S(=O)(=O)N1CCN(C(C)C(=O)c2c[nH]c3ccccc23)CC1. The van der Waals surface area contributed by atoms with Gasteiger partial charge in [-0.2, -0.15) is 4.31 Å². The molecule has 168 valence electrons. The van der Waals surface area contributed by atoms with E-state index in [9.17, 15) is 23.3 Å². The van der Waals surface area contributed by atoms with Gasteiger partial charge in [-0.1, -0.05) is 24.3 Å². The minimum Gasteiger partial charge on any atom is -0.360 e. The van der Waals surface area contributed by atoms with Crippen LogP contribution in [0.25, 0.3) is 10.9 Å². The number of nitro groups is 1. The van der Waals surface area contributed by atoms with Crippen molar-refractivity contribution in [1.82, 2.24) is 14.2 Å². The van der Waals surface area contributed by atoms with Crippen LogP contribution in [0.1, 0.15) is 22.8 Å². The standard InChI is InChI=1S/C22H24N4O5S/c1-15-7-8-17(26(28)29)13-21(15)32(30,31)25-11-9-24(10-12-25)16(2)22(27)19-14-23-20-6-4-3-5-18(19)20/h3-8,13-14,16,23H,9-12H2,1-2H3. The number of aromatic nitrogens is 1. The molecule has 4 rings (SSSR count). The van der Waals surface area contributed by atoms with Crippen LogP contribution in [0.4, 0.5) is 5.69 Å². The Morgan fingerprint density at radius 1 is 1.12 bits per heavy atom. The molecule has 0 spiro atoms. The Kier molecular flexibility index (Phi) is 5.85. The zero-order valence-electron chi connectivity index (χ0n) is 17.8. The fourth-order valence-corrected chi connectivity index (χ4v) is 5.78. The summed E-state index contributed by atoms with van der Waals surface area (Å²) in [5, 5.41) is 12.0. The second kappa shape index (κ2) is 8.45. The van der Waals surface area contributed by atoms with E-state index in [0.717, 1.165) is 17.0 Å². The van der Waals surface area contributed by atoms with Gasteiger partial charge < -0.3 is 4.98 Å². The van der Waals surface area contributed by atoms with Gasteiger partial charge in [-0.3, -0.25) is 19.8 Å². The first kappa shape index (κ1) is 22.1. The maximum absolute atomic E-state index is 13.1. The molecule has 10 heteroatoms. The van der Waals surface area contributed by atoms with Crippen LogP contribution >= 0.6 is 0 Å². The predicted octanol–water partition coefficient (Wildman–Crippen LogP) is 2.96. The maximum Gasteiger partial charge on any atom is 0.270 e. The summed E-state index contributed by atoms with van der Waals surface area (Å²) in [6, 6.07) is 11.1. The second-order valence-electron chi connectivity index (χ2n) is 7.94. The number of nitrogens with zero attached hydrogens (tertiary/aromatic N) is 3. The van der Waals surface area contributed by atoms with Crippen molar-refractivity contribution in [3.05, 3.63) is 69.9 Å². The molecular weight excluding hydrogens is 432 g/mol. The van der Waals surface area contributed by atoms with Gasteiger partial charge in [-0.25, -0.2) is 8.42 Å². The van der Waals surface area contributed by atoms with Crippen molar-refractivity contribution >= 4 is 32.4 Å². The molecule has 1 aromatic heterocycles. The van der Waals surface area contributed by atoms with Crippen molar-refractivity contribution in [3.8, 4) is 0 Å². The number of ketones is 1. The Hall–Kier alpha value is -3.08. The van der Waals surface area contributed by atoms with Crippen LogP contribution < -0.4 is 0 Å². The lowest BCUT2D eigenvalue weighted by Gasteiger charge is -2.36. The van der Waals surface area contributed by atoms with Crippen LogP contribution in [0.5, 0.6) is 0 Å². The van der Waals surface area contributed by atoms with Crippen LogP contribution in [0, 0.1) is 17.0 Å². The zero-order valence-corrected chi connectivity index (χ0v) is 18.6. The number of rotatable bonds is 6. The van der Waals surface area contributed by atoms with E-state index in [1.54, 1.807) is 13.1 Å². The number of H-pyrrole nitrogens is 1. The summed E-state index contributed by atoms with van der Waals surface area (Å²) >= 11 is 0. The number of carbonyl (C=O) groups excluding carboxylic acids is 1. The summed E-state index contributed by atoms with van der Waals surface area (Å²) in [6.07, 6.45) is 1.72. The molecule has 1 N–H and O–H groups in total. The van der Waals surface area contributed by atoms with Gasteiger partial charge in [0, 0.05) is 61.0 Å². The molecule has 1 saturated heterocycles. The van der Waals surface area contributed by atoms with E-state index >= 15 is 0 Å². The number of non-ortho nitro benzene ring substituents is 1. The third-order valence-corrected chi connectivity index (χ3v) is 8.10. The van der Waals surface area contributed by atoms with E-state index < -0.39 is 21.0 Å². The first-order valence-corrected chi connectivity index (χ1v) is 11.7. The molecule has 1 atom stereocenters. The van der Waals surface area contributed by atoms with Gasteiger partial charge in [0.2, 0.25) is 10.0 Å². The third-order valence-electron chi connectivity index (χ3n) is 6.06. The van der Waals surface area contributed by atoms with Gasteiger partial charge in [0.1, 0.15) is 0 Å². The Balaban J connectivity index is 1.48. The van der Waals surface area contributed by atoms with Gasteiger partial charge in [0.25, 0.3) is 5.69 Å². The number of hydrogen-bond donors (Lipinski definition) is 1. The van der Waals surface area contributed by atoms with E-state index in [1.807, 2.05) is 36.1 Å². The molecule has 2 heterocycles. The highest BCUT2D eigenvalue weighted by Crippen LogP contribution is 2.26. The number of benzene rings is 2. The Bertz CT molecular complexity index is 1290. The molecule has 32 heavy (non-hydrogen) atoms. The molecule has 1 aliphatic heterocycles. The average molecular weight is 457 g/mol. The molecule has 0 aliphatic carbocycles. The summed E-state index contributed by atoms with van der Waals surface area (Å²) in [6.45, 7) is 4.64. The van der Waals surface area contributed by atoms with Crippen molar-refractivity contribution in [2.45, 2.75) is 24.8 Å². The van der Waals surface area contributed by atoms with Crippen molar-refractivity contribution in [2.75, 3.05) is 26.2 Å². The summed E-state index contributed by atoms with van der Waals surface area (Å²) in [7, 11) is -3.88. The molecule has 1 aliphatic rings. The topological polar surface area (TPSA) is 117 Å². The number of hydrogen-bond acceptors (Lipinski definition) is 6. The van der Waals surface area contributed by atoms with Gasteiger partial charge in [-0.15, -0.1) is 0 Å². The minimum absolute atomic E-state index is 0.0201.